The maximum Gasteiger partial charge on any atom is 0.0576 e. The number of ether oxygens (including phenoxy) is 1. The van der Waals surface area contributed by atoms with Gasteiger partial charge in [-0.3, -0.25) is 0 Å². The zero-order chi connectivity index (χ0) is 12.8. The third-order valence-electron chi connectivity index (χ3n) is 3.67. The smallest absolute Gasteiger partial charge is 0.0576 e. The zero-order valence-corrected chi connectivity index (χ0v) is 11.7. The Kier molecular flexibility index (Phi) is 5.48. The van der Waals surface area contributed by atoms with Crippen molar-refractivity contribution < 1.29 is 4.74 Å². The Hall–Kier alpha value is -0.570. The third kappa shape index (κ3) is 3.71. The van der Waals surface area contributed by atoms with Gasteiger partial charge in [0.1, 0.15) is 0 Å². The quantitative estimate of drug-likeness (QED) is 0.843. The van der Waals surface area contributed by atoms with Gasteiger partial charge < -0.3 is 10.1 Å². The molecule has 100 valence electrons. The van der Waals surface area contributed by atoms with Gasteiger partial charge in [0.25, 0.3) is 0 Å². The van der Waals surface area contributed by atoms with Crippen LogP contribution in [0.2, 0.25) is 5.02 Å². The lowest BCUT2D eigenvalue weighted by Gasteiger charge is -2.18. The molecule has 2 atom stereocenters. The van der Waals surface area contributed by atoms with Gasteiger partial charge in [-0.05, 0) is 50.8 Å². The van der Waals surface area contributed by atoms with Crippen LogP contribution in [0.3, 0.4) is 0 Å². The van der Waals surface area contributed by atoms with Crippen molar-refractivity contribution in [3.05, 3.63) is 34.9 Å². The number of nitrogens with one attached hydrogen (secondary N) is 1. The predicted molar refractivity (Wildman–Crippen MR) is 76.1 cm³/mol. The summed E-state index contributed by atoms with van der Waals surface area (Å²) in [7, 11) is 2.00. The molecule has 18 heavy (non-hydrogen) atoms. The van der Waals surface area contributed by atoms with Gasteiger partial charge in [0.15, 0.2) is 0 Å². The molecular formula is C15H22ClNO. The van der Waals surface area contributed by atoms with Gasteiger partial charge >= 0.3 is 0 Å². The molecule has 1 N–H and O–H groups in total. The molecule has 2 unspecified atom stereocenters. The van der Waals surface area contributed by atoms with E-state index >= 15 is 0 Å². The largest absolute Gasteiger partial charge is 0.378 e. The van der Waals surface area contributed by atoms with Gasteiger partial charge in [0.05, 0.1) is 6.10 Å². The first kappa shape index (κ1) is 13.9. The van der Waals surface area contributed by atoms with Crippen LogP contribution >= 0.6 is 11.6 Å². The van der Waals surface area contributed by atoms with Gasteiger partial charge in [-0.25, -0.2) is 0 Å². The lowest BCUT2D eigenvalue weighted by Crippen LogP contribution is -2.17. The topological polar surface area (TPSA) is 21.3 Å². The number of hydrogen-bond donors (Lipinski definition) is 1. The summed E-state index contributed by atoms with van der Waals surface area (Å²) in [5.41, 5.74) is 1.20. The molecule has 1 heterocycles. The molecule has 1 aromatic carbocycles. The molecule has 1 aliphatic rings. The van der Waals surface area contributed by atoms with Crippen LogP contribution in [0.25, 0.3) is 0 Å². The summed E-state index contributed by atoms with van der Waals surface area (Å²) in [4.78, 5) is 0. The van der Waals surface area contributed by atoms with Crippen molar-refractivity contribution in [1.29, 1.82) is 0 Å². The minimum atomic E-state index is 0.347. The first-order chi connectivity index (χ1) is 8.81. The molecule has 0 aliphatic carbocycles. The fraction of sp³-hybridized carbons (Fsp3) is 0.600. The maximum atomic E-state index is 6.24. The molecule has 0 bridgehead atoms. The second-order valence-electron chi connectivity index (χ2n) is 4.93. The minimum absolute atomic E-state index is 0.347. The highest BCUT2D eigenvalue weighted by molar-refractivity contribution is 6.31. The molecule has 2 nitrogen and oxygen atoms in total. The lowest BCUT2D eigenvalue weighted by atomic mass is 9.99. The number of hydrogen-bond acceptors (Lipinski definition) is 2. The van der Waals surface area contributed by atoms with Crippen molar-refractivity contribution in [3.63, 3.8) is 0 Å². The molecule has 0 aromatic heterocycles. The Morgan fingerprint density at radius 1 is 1.44 bits per heavy atom. The van der Waals surface area contributed by atoms with Crippen molar-refractivity contribution >= 4 is 11.6 Å². The standard InChI is InChI=1S/C15H22ClNO/c1-17-15(13-8-2-3-9-14(13)16)10-4-6-12-7-5-11-18-12/h2-3,8-9,12,15,17H,4-7,10-11H2,1H3. The summed E-state index contributed by atoms with van der Waals surface area (Å²) in [6, 6.07) is 8.44. The molecule has 0 spiro atoms. The Morgan fingerprint density at radius 3 is 2.94 bits per heavy atom. The second-order valence-corrected chi connectivity index (χ2v) is 5.34. The first-order valence-electron chi connectivity index (χ1n) is 6.84. The van der Waals surface area contributed by atoms with Crippen LogP contribution in [0.1, 0.15) is 43.7 Å². The third-order valence-corrected chi connectivity index (χ3v) is 4.02. The van der Waals surface area contributed by atoms with Gasteiger partial charge in [-0.2, -0.15) is 0 Å². The number of rotatable bonds is 6. The predicted octanol–water partition coefficient (Wildman–Crippen LogP) is 3.95. The molecule has 0 amide bonds. The Bertz CT molecular complexity index is 363. The van der Waals surface area contributed by atoms with E-state index in [0.29, 0.717) is 12.1 Å². The molecule has 1 fully saturated rings. The number of benzene rings is 1. The van der Waals surface area contributed by atoms with E-state index in [2.05, 4.69) is 11.4 Å². The zero-order valence-electron chi connectivity index (χ0n) is 11.0. The molecule has 0 saturated carbocycles. The Balaban J connectivity index is 1.83. The van der Waals surface area contributed by atoms with E-state index in [0.717, 1.165) is 18.1 Å². The minimum Gasteiger partial charge on any atom is -0.378 e. The van der Waals surface area contributed by atoms with E-state index in [9.17, 15) is 0 Å². The van der Waals surface area contributed by atoms with Gasteiger partial charge in [0.2, 0.25) is 0 Å². The molecule has 1 saturated heterocycles. The van der Waals surface area contributed by atoms with Crippen LogP contribution in [-0.4, -0.2) is 19.8 Å². The van der Waals surface area contributed by atoms with Crippen LogP contribution < -0.4 is 5.32 Å². The average molecular weight is 268 g/mol. The summed E-state index contributed by atoms with van der Waals surface area (Å²) in [5, 5.41) is 4.21. The number of halogens is 1. The average Bonchev–Trinajstić information content (AvgIpc) is 2.89. The van der Waals surface area contributed by atoms with Crippen LogP contribution in [0.5, 0.6) is 0 Å². The van der Waals surface area contributed by atoms with Crippen LogP contribution in [0.4, 0.5) is 0 Å². The van der Waals surface area contributed by atoms with E-state index in [1.165, 1.54) is 31.2 Å². The normalized spacial score (nSPS) is 21.1. The van der Waals surface area contributed by atoms with Crippen LogP contribution in [0, 0.1) is 0 Å². The Morgan fingerprint density at radius 2 is 2.28 bits per heavy atom. The van der Waals surface area contributed by atoms with Crippen LogP contribution in [0.15, 0.2) is 24.3 Å². The summed E-state index contributed by atoms with van der Waals surface area (Å²) < 4.78 is 5.65. The van der Waals surface area contributed by atoms with E-state index in [1.807, 2.05) is 25.2 Å². The van der Waals surface area contributed by atoms with Crippen molar-refractivity contribution in [2.45, 2.75) is 44.2 Å². The van der Waals surface area contributed by atoms with Crippen molar-refractivity contribution in [2.75, 3.05) is 13.7 Å². The van der Waals surface area contributed by atoms with E-state index in [-0.39, 0.29) is 0 Å². The maximum absolute atomic E-state index is 6.24. The molecule has 3 heteroatoms. The van der Waals surface area contributed by atoms with E-state index in [4.69, 9.17) is 16.3 Å². The molecular weight excluding hydrogens is 246 g/mol. The fourth-order valence-corrected chi connectivity index (χ4v) is 2.90. The van der Waals surface area contributed by atoms with Crippen LogP contribution in [-0.2, 0) is 4.74 Å². The lowest BCUT2D eigenvalue weighted by molar-refractivity contribution is 0.101. The van der Waals surface area contributed by atoms with Gasteiger partial charge in [0, 0.05) is 17.7 Å². The molecule has 1 aromatic rings. The van der Waals surface area contributed by atoms with Gasteiger partial charge in [-0.15, -0.1) is 0 Å². The second kappa shape index (κ2) is 7.13. The van der Waals surface area contributed by atoms with Crippen molar-refractivity contribution in [2.24, 2.45) is 0 Å². The van der Waals surface area contributed by atoms with Crippen molar-refractivity contribution in [1.82, 2.24) is 5.32 Å². The van der Waals surface area contributed by atoms with E-state index < -0.39 is 0 Å². The van der Waals surface area contributed by atoms with Crippen molar-refractivity contribution in [3.8, 4) is 0 Å². The SMILES string of the molecule is CNC(CCCC1CCCO1)c1ccccc1Cl. The summed E-state index contributed by atoms with van der Waals surface area (Å²) in [6.45, 7) is 0.949. The molecule has 0 radical (unpaired) electrons. The summed E-state index contributed by atoms with van der Waals surface area (Å²) in [5.74, 6) is 0. The fourth-order valence-electron chi connectivity index (χ4n) is 2.63. The summed E-state index contributed by atoms with van der Waals surface area (Å²) in [6.07, 6.45) is 6.42. The highest BCUT2D eigenvalue weighted by Crippen LogP contribution is 2.27. The molecule has 1 aliphatic heterocycles. The van der Waals surface area contributed by atoms with E-state index in [1.54, 1.807) is 0 Å². The summed E-state index contributed by atoms with van der Waals surface area (Å²) >= 11 is 6.24. The Labute approximate surface area is 115 Å². The highest BCUT2D eigenvalue weighted by Gasteiger charge is 2.17. The van der Waals surface area contributed by atoms with Gasteiger partial charge in [-0.1, -0.05) is 29.8 Å². The molecule has 2 rings (SSSR count). The highest BCUT2D eigenvalue weighted by atomic mass is 35.5. The first-order valence-corrected chi connectivity index (χ1v) is 7.22. The monoisotopic (exact) mass is 267 g/mol.